The molecule has 1 unspecified atom stereocenters. The zero-order valence-corrected chi connectivity index (χ0v) is 19.6. The molecule has 2 heterocycles. The summed E-state index contributed by atoms with van der Waals surface area (Å²) in [6.07, 6.45) is -0.560. The zero-order valence-electron chi connectivity index (χ0n) is 19.6. The number of fused-ring (bicyclic) bond motifs is 7. The molecule has 2 bridgehead atoms. The molecule has 1 aromatic rings. The summed E-state index contributed by atoms with van der Waals surface area (Å²) in [4.78, 5) is 29.1. The van der Waals surface area contributed by atoms with Crippen molar-refractivity contribution < 1.29 is 43.1 Å². The predicted molar refractivity (Wildman–Crippen MR) is 120 cm³/mol. The van der Waals surface area contributed by atoms with Gasteiger partial charge in [0.15, 0.2) is 24.7 Å². The van der Waals surface area contributed by atoms with Gasteiger partial charge >= 0.3 is 0 Å². The number of aliphatic hydroxyl groups is 1. The molecule has 1 fully saturated rings. The van der Waals surface area contributed by atoms with Gasteiger partial charge in [0.05, 0.1) is 46.2 Å². The Morgan fingerprint density at radius 1 is 0.824 bits per heavy atom. The van der Waals surface area contributed by atoms with Crippen molar-refractivity contribution in [2.24, 2.45) is 0 Å². The van der Waals surface area contributed by atoms with Crippen molar-refractivity contribution in [3.05, 3.63) is 23.8 Å². The number of aliphatic hydroxyl groups excluding tert-OH is 1. The first kappa shape index (κ1) is 26.2. The second-order valence-corrected chi connectivity index (χ2v) is 7.79. The average Bonchev–Trinajstić information content (AvgIpc) is 2.86. The van der Waals surface area contributed by atoms with E-state index >= 15 is 0 Å². The lowest BCUT2D eigenvalue weighted by molar-refractivity contribution is -0.135. The van der Waals surface area contributed by atoms with Gasteiger partial charge in [-0.3, -0.25) is 9.59 Å². The Labute approximate surface area is 199 Å². The van der Waals surface area contributed by atoms with Crippen LogP contribution in [0.2, 0.25) is 0 Å². The van der Waals surface area contributed by atoms with Gasteiger partial charge < -0.3 is 43.3 Å². The largest absolute Gasteiger partial charge is 0.480 e. The third kappa shape index (κ3) is 7.81. The molecule has 0 radical (unpaired) electrons. The van der Waals surface area contributed by atoms with Gasteiger partial charge in [0.2, 0.25) is 0 Å². The first-order valence-electron chi connectivity index (χ1n) is 11.4. The summed E-state index contributed by atoms with van der Waals surface area (Å²) in [7, 11) is 1.49. The number of amides is 2. The number of rotatable bonds is 3. The lowest BCUT2D eigenvalue weighted by atomic mass is 10.1. The highest BCUT2D eigenvalue weighted by Gasteiger charge is 2.21. The van der Waals surface area contributed by atoms with Crippen molar-refractivity contribution in [3.63, 3.8) is 0 Å². The normalized spacial score (nSPS) is 20.6. The van der Waals surface area contributed by atoms with Crippen LogP contribution in [0.15, 0.2) is 18.2 Å². The minimum Gasteiger partial charge on any atom is -0.480 e. The van der Waals surface area contributed by atoms with E-state index in [2.05, 4.69) is 0 Å². The van der Waals surface area contributed by atoms with Crippen LogP contribution in [-0.4, -0.2) is 119 Å². The Kier molecular flexibility index (Phi) is 10.8. The second kappa shape index (κ2) is 14.1. The van der Waals surface area contributed by atoms with Crippen LogP contribution in [0.4, 0.5) is 0 Å². The third-order valence-corrected chi connectivity index (χ3v) is 5.59. The maximum Gasteiger partial charge on any atom is 0.260 e. The molecule has 0 saturated carbocycles. The molecule has 0 spiro atoms. The number of hydrogen-bond donors (Lipinski definition) is 1. The third-order valence-electron chi connectivity index (χ3n) is 5.59. The summed E-state index contributed by atoms with van der Waals surface area (Å²) >= 11 is 0. The molecule has 2 amide bonds. The van der Waals surface area contributed by atoms with Gasteiger partial charge in [-0.15, -0.1) is 0 Å². The molecule has 1 N–H and O–H groups in total. The molecule has 1 atom stereocenters. The SMILES string of the molecule is COC(CO)c1ccc2c(c1)OCC(=O)N1CCOCCOCCN(CCOCC1)C(=O)CO2. The minimum absolute atomic E-state index is 0.216. The molecule has 11 nitrogen and oxygen atoms in total. The summed E-state index contributed by atoms with van der Waals surface area (Å²) in [5, 5.41) is 9.58. The molecule has 34 heavy (non-hydrogen) atoms. The fourth-order valence-electron chi connectivity index (χ4n) is 3.58. The van der Waals surface area contributed by atoms with Gasteiger partial charge in [-0.05, 0) is 17.7 Å². The Balaban J connectivity index is 1.88. The summed E-state index contributed by atoms with van der Waals surface area (Å²) < 4.78 is 33.8. The van der Waals surface area contributed by atoms with Crippen LogP contribution in [0.1, 0.15) is 11.7 Å². The summed E-state index contributed by atoms with van der Waals surface area (Å²) in [6, 6.07) is 5.01. The van der Waals surface area contributed by atoms with E-state index in [1.54, 1.807) is 28.0 Å². The molecule has 0 aromatic heterocycles. The standard InChI is InChI=1S/C23H34N2O9/c1-29-21(15-26)18-2-3-19-20(14-18)34-17-23(28)25-5-9-30-8-4-24(22(27)16-33-19)6-10-31-12-13-32-11-7-25/h2-3,14,21,26H,4-13,15-17H2,1H3. The van der Waals surface area contributed by atoms with Crippen molar-refractivity contribution in [3.8, 4) is 11.5 Å². The Morgan fingerprint density at radius 3 is 1.82 bits per heavy atom. The van der Waals surface area contributed by atoms with E-state index in [9.17, 15) is 14.7 Å². The lowest BCUT2D eigenvalue weighted by Crippen LogP contribution is -2.40. The van der Waals surface area contributed by atoms with E-state index in [0.29, 0.717) is 77.1 Å². The van der Waals surface area contributed by atoms with Gasteiger partial charge in [-0.1, -0.05) is 6.07 Å². The van der Waals surface area contributed by atoms with Crippen LogP contribution < -0.4 is 9.47 Å². The highest BCUT2D eigenvalue weighted by molar-refractivity contribution is 5.78. The molecule has 190 valence electrons. The number of benzene rings is 1. The van der Waals surface area contributed by atoms with Crippen LogP contribution in [0.5, 0.6) is 11.5 Å². The van der Waals surface area contributed by atoms with Crippen molar-refractivity contribution in [1.29, 1.82) is 0 Å². The predicted octanol–water partition coefficient (Wildman–Crippen LogP) is -0.142. The summed E-state index contributed by atoms with van der Waals surface area (Å²) in [6.45, 7) is 3.03. The molecule has 2 aliphatic rings. The van der Waals surface area contributed by atoms with Gasteiger partial charge in [0.1, 0.15) is 6.10 Å². The van der Waals surface area contributed by atoms with E-state index in [4.69, 9.17) is 28.4 Å². The highest BCUT2D eigenvalue weighted by atomic mass is 16.5. The second-order valence-electron chi connectivity index (χ2n) is 7.79. The van der Waals surface area contributed by atoms with E-state index in [-0.39, 0.29) is 37.4 Å². The molecule has 3 rings (SSSR count). The fourth-order valence-corrected chi connectivity index (χ4v) is 3.58. The molecular weight excluding hydrogens is 448 g/mol. The topological polar surface area (TPSA) is 116 Å². The molecular formula is C23H34N2O9. The van der Waals surface area contributed by atoms with E-state index in [1.807, 2.05) is 0 Å². The minimum atomic E-state index is -0.560. The Morgan fingerprint density at radius 2 is 1.32 bits per heavy atom. The van der Waals surface area contributed by atoms with Crippen molar-refractivity contribution >= 4 is 11.8 Å². The van der Waals surface area contributed by atoms with Gasteiger partial charge in [0, 0.05) is 33.3 Å². The smallest absolute Gasteiger partial charge is 0.260 e. The Hall–Kier alpha value is -2.44. The number of carbonyl (C=O) groups is 2. The van der Waals surface area contributed by atoms with Crippen LogP contribution in [0, 0.1) is 0 Å². The number of methoxy groups -OCH3 is 1. The first-order chi connectivity index (χ1) is 16.6. The van der Waals surface area contributed by atoms with Gasteiger partial charge in [-0.2, -0.15) is 0 Å². The van der Waals surface area contributed by atoms with Gasteiger partial charge in [0.25, 0.3) is 11.8 Å². The van der Waals surface area contributed by atoms with Crippen LogP contribution in [-0.2, 0) is 28.5 Å². The first-order valence-corrected chi connectivity index (χ1v) is 11.4. The van der Waals surface area contributed by atoms with Crippen LogP contribution >= 0.6 is 0 Å². The number of carbonyl (C=O) groups excluding carboxylic acids is 2. The van der Waals surface area contributed by atoms with E-state index < -0.39 is 6.10 Å². The van der Waals surface area contributed by atoms with Crippen molar-refractivity contribution in [1.82, 2.24) is 9.80 Å². The molecule has 1 saturated heterocycles. The zero-order chi connectivity index (χ0) is 24.2. The van der Waals surface area contributed by atoms with Crippen LogP contribution in [0.25, 0.3) is 0 Å². The molecule has 11 heteroatoms. The monoisotopic (exact) mass is 482 g/mol. The number of nitrogens with zero attached hydrogens (tertiary/aromatic N) is 2. The Bertz CT molecular complexity index is 788. The van der Waals surface area contributed by atoms with Crippen LogP contribution in [0.3, 0.4) is 0 Å². The maximum atomic E-state index is 12.9. The van der Waals surface area contributed by atoms with Crippen molar-refractivity contribution in [2.75, 3.05) is 92.8 Å². The summed E-state index contributed by atoms with van der Waals surface area (Å²) in [5.74, 6) is 0.145. The fraction of sp³-hybridized carbons (Fsp3) is 0.652. The van der Waals surface area contributed by atoms with Crippen molar-refractivity contribution in [2.45, 2.75) is 6.10 Å². The highest BCUT2D eigenvalue weighted by Crippen LogP contribution is 2.31. The quantitative estimate of drug-likeness (QED) is 0.588. The molecule has 0 aliphatic carbocycles. The lowest BCUT2D eigenvalue weighted by Gasteiger charge is -2.23. The number of ether oxygens (including phenoxy) is 6. The maximum absolute atomic E-state index is 12.9. The number of hydrogen-bond acceptors (Lipinski definition) is 9. The van der Waals surface area contributed by atoms with Gasteiger partial charge in [-0.25, -0.2) is 0 Å². The molecule has 1 aromatic carbocycles. The van der Waals surface area contributed by atoms with E-state index in [1.165, 1.54) is 7.11 Å². The molecule has 2 aliphatic heterocycles. The van der Waals surface area contributed by atoms with E-state index in [0.717, 1.165) is 0 Å². The average molecular weight is 483 g/mol. The summed E-state index contributed by atoms with van der Waals surface area (Å²) in [5.41, 5.74) is 0.656.